The van der Waals surface area contributed by atoms with Gasteiger partial charge in [0.1, 0.15) is 5.76 Å². The molecule has 1 amide bonds. The van der Waals surface area contributed by atoms with Crippen molar-refractivity contribution in [3.8, 4) is 0 Å². The zero-order valence-corrected chi connectivity index (χ0v) is 9.58. The monoisotopic (exact) mass is 224 g/mol. The molecule has 0 unspecified atom stereocenters. The number of hydrogen-bond donors (Lipinski definition) is 1. The Kier molecular flexibility index (Phi) is 3.24. The molecular formula is C11H16N2O3. The van der Waals surface area contributed by atoms with Gasteiger partial charge in [-0.1, -0.05) is 5.16 Å². The molecule has 0 spiro atoms. The minimum absolute atomic E-state index is 0.0632. The van der Waals surface area contributed by atoms with E-state index in [0.29, 0.717) is 26.1 Å². The molecule has 5 heteroatoms. The second kappa shape index (κ2) is 4.65. The number of ether oxygens (including phenoxy) is 1. The molecule has 1 fully saturated rings. The summed E-state index contributed by atoms with van der Waals surface area (Å²) in [6, 6.07) is 0.206. The highest BCUT2D eigenvalue weighted by Crippen LogP contribution is 2.14. The number of nitrogens with one attached hydrogen (secondary N) is 1. The van der Waals surface area contributed by atoms with E-state index < -0.39 is 0 Å². The van der Waals surface area contributed by atoms with E-state index >= 15 is 0 Å². The Hall–Kier alpha value is -1.36. The summed E-state index contributed by atoms with van der Waals surface area (Å²) < 4.78 is 10.0. The van der Waals surface area contributed by atoms with Gasteiger partial charge in [-0.3, -0.25) is 4.79 Å². The standard InChI is InChI=1S/C11H16N2O3/c1-7-10(8(2)16-13-7)3-4-11(14)12-9-5-15-6-9/h9H,3-6H2,1-2H3,(H,12,14). The summed E-state index contributed by atoms with van der Waals surface area (Å²) >= 11 is 0. The maximum Gasteiger partial charge on any atom is 0.220 e. The van der Waals surface area contributed by atoms with Crippen LogP contribution in [0.4, 0.5) is 0 Å². The average molecular weight is 224 g/mol. The van der Waals surface area contributed by atoms with Crippen LogP contribution in [0, 0.1) is 13.8 Å². The van der Waals surface area contributed by atoms with Crippen molar-refractivity contribution in [1.29, 1.82) is 0 Å². The lowest BCUT2D eigenvalue weighted by atomic mass is 10.1. The Morgan fingerprint density at radius 2 is 2.25 bits per heavy atom. The van der Waals surface area contributed by atoms with Gasteiger partial charge in [0.25, 0.3) is 0 Å². The summed E-state index contributed by atoms with van der Waals surface area (Å²) in [5.74, 6) is 0.866. The van der Waals surface area contributed by atoms with Crippen molar-refractivity contribution in [2.24, 2.45) is 0 Å². The normalized spacial score (nSPS) is 15.9. The molecule has 2 rings (SSSR count). The predicted molar refractivity (Wildman–Crippen MR) is 57.0 cm³/mol. The molecule has 1 aliphatic heterocycles. The zero-order valence-electron chi connectivity index (χ0n) is 9.58. The smallest absolute Gasteiger partial charge is 0.220 e. The minimum Gasteiger partial charge on any atom is -0.377 e. The molecule has 5 nitrogen and oxygen atoms in total. The first-order chi connectivity index (χ1) is 7.66. The number of nitrogens with zero attached hydrogens (tertiary/aromatic N) is 1. The first-order valence-corrected chi connectivity index (χ1v) is 5.45. The Morgan fingerprint density at radius 1 is 1.50 bits per heavy atom. The number of aryl methyl sites for hydroxylation is 2. The first kappa shape index (κ1) is 11.1. The minimum atomic E-state index is 0.0632. The van der Waals surface area contributed by atoms with E-state index in [4.69, 9.17) is 9.26 Å². The Morgan fingerprint density at radius 3 is 2.75 bits per heavy atom. The van der Waals surface area contributed by atoms with Crippen LogP contribution < -0.4 is 5.32 Å². The molecule has 2 heterocycles. The molecular weight excluding hydrogens is 208 g/mol. The van der Waals surface area contributed by atoms with E-state index in [-0.39, 0.29) is 11.9 Å². The average Bonchev–Trinajstić information content (AvgIpc) is 2.50. The van der Waals surface area contributed by atoms with Crippen LogP contribution in [0.1, 0.15) is 23.4 Å². The van der Waals surface area contributed by atoms with Gasteiger partial charge in [-0.25, -0.2) is 0 Å². The van der Waals surface area contributed by atoms with Crippen LogP contribution in [0.15, 0.2) is 4.52 Å². The third-order valence-corrected chi connectivity index (χ3v) is 2.79. The molecule has 0 bridgehead atoms. The molecule has 88 valence electrons. The van der Waals surface area contributed by atoms with Crippen LogP contribution in [0.3, 0.4) is 0 Å². The molecule has 1 N–H and O–H groups in total. The Bertz CT molecular complexity index is 363. The number of hydrogen-bond acceptors (Lipinski definition) is 4. The number of rotatable bonds is 4. The molecule has 1 aliphatic rings. The van der Waals surface area contributed by atoms with Crippen LogP contribution in [0.5, 0.6) is 0 Å². The van der Waals surface area contributed by atoms with Crippen molar-refractivity contribution in [1.82, 2.24) is 10.5 Å². The van der Waals surface area contributed by atoms with Crippen LogP contribution >= 0.6 is 0 Å². The predicted octanol–water partition coefficient (Wildman–Crippen LogP) is 0.739. The lowest BCUT2D eigenvalue weighted by molar-refractivity contribution is -0.125. The van der Waals surface area contributed by atoms with E-state index in [9.17, 15) is 4.79 Å². The van der Waals surface area contributed by atoms with Gasteiger partial charge in [-0.15, -0.1) is 0 Å². The van der Waals surface area contributed by atoms with Crippen LogP contribution in [-0.2, 0) is 16.0 Å². The summed E-state index contributed by atoms with van der Waals surface area (Å²) in [5.41, 5.74) is 1.91. The second-order valence-electron chi connectivity index (χ2n) is 4.10. The van der Waals surface area contributed by atoms with Gasteiger partial charge in [-0.05, 0) is 20.3 Å². The molecule has 0 aromatic carbocycles. The molecule has 0 aliphatic carbocycles. The highest BCUT2D eigenvalue weighted by atomic mass is 16.5. The van der Waals surface area contributed by atoms with Crippen molar-refractivity contribution in [2.45, 2.75) is 32.7 Å². The van der Waals surface area contributed by atoms with Gasteiger partial charge in [0.2, 0.25) is 5.91 Å². The van der Waals surface area contributed by atoms with Gasteiger partial charge in [0.05, 0.1) is 24.9 Å². The SMILES string of the molecule is Cc1noc(C)c1CCC(=O)NC1COC1. The van der Waals surface area contributed by atoms with E-state index in [1.54, 1.807) is 0 Å². The fourth-order valence-corrected chi connectivity index (χ4v) is 1.72. The summed E-state index contributed by atoms with van der Waals surface area (Å²) in [7, 11) is 0. The molecule has 1 aromatic rings. The van der Waals surface area contributed by atoms with E-state index in [0.717, 1.165) is 17.0 Å². The quantitative estimate of drug-likeness (QED) is 0.819. The lowest BCUT2D eigenvalue weighted by Crippen LogP contribution is -2.48. The fourth-order valence-electron chi connectivity index (χ4n) is 1.72. The largest absolute Gasteiger partial charge is 0.377 e. The number of amides is 1. The molecule has 0 atom stereocenters. The van der Waals surface area contributed by atoms with E-state index in [1.165, 1.54) is 0 Å². The van der Waals surface area contributed by atoms with Crippen LogP contribution in [0.25, 0.3) is 0 Å². The highest BCUT2D eigenvalue weighted by Gasteiger charge is 2.20. The molecule has 0 radical (unpaired) electrons. The van der Waals surface area contributed by atoms with E-state index in [2.05, 4.69) is 10.5 Å². The third kappa shape index (κ3) is 2.41. The maximum absolute atomic E-state index is 11.5. The number of carbonyl (C=O) groups is 1. The first-order valence-electron chi connectivity index (χ1n) is 5.45. The Labute approximate surface area is 94.1 Å². The van der Waals surface area contributed by atoms with Crippen molar-refractivity contribution in [2.75, 3.05) is 13.2 Å². The van der Waals surface area contributed by atoms with Gasteiger partial charge in [0.15, 0.2) is 0 Å². The lowest BCUT2D eigenvalue weighted by Gasteiger charge is -2.26. The van der Waals surface area contributed by atoms with E-state index in [1.807, 2.05) is 13.8 Å². The molecule has 1 saturated heterocycles. The van der Waals surface area contributed by atoms with Gasteiger partial charge in [-0.2, -0.15) is 0 Å². The molecule has 1 aromatic heterocycles. The number of carbonyl (C=O) groups excluding carboxylic acids is 1. The van der Waals surface area contributed by atoms with Crippen molar-refractivity contribution in [3.63, 3.8) is 0 Å². The van der Waals surface area contributed by atoms with Crippen molar-refractivity contribution < 1.29 is 14.1 Å². The van der Waals surface area contributed by atoms with Gasteiger partial charge in [0, 0.05) is 12.0 Å². The topological polar surface area (TPSA) is 64.4 Å². The van der Waals surface area contributed by atoms with Crippen LogP contribution in [-0.4, -0.2) is 30.3 Å². The maximum atomic E-state index is 11.5. The van der Waals surface area contributed by atoms with Crippen molar-refractivity contribution in [3.05, 3.63) is 17.0 Å². The van der Waals surface area contributed by atoms with Gasteiger partial charge < -0.3 is 14.6 Å². The second-order valence-corrected chi connectivity index (χ2v) is 4.10. The Balaban J connectivity index is 1.80. The van der Waals surface area contributed by atoms with Crippen molar-refractivity contribution >= 4 is 5.91 Å². The zero-order chi connectivity index (χ0) is 11.5. The summed E-state index contributed by atoms with van der Waals surface area (Å²) in [4.78, 5) is 11.5. The summed E-state index contributed by atoms with van der Waals surface area (Å²) in [6.45, 7) is 5.03. The summed E-state index contributed by atoms with van der Waals surface area (Å²) in [6.07, 6.45) is 1.15. The fraction of sp³-hybridized carbons (Fsp3) is 0.636. The molecule has 16 heavy (non-hydrogen) atoms. The third-order valence-electron chi connectivity index (χ3n) is 2.79. The molecule has 0 saturated carbocycles. The highest BCUT2D eigenvalue weighted by molar-refractivity contribution is 5.76. The number of aromatic nitrogens is 1. The van der Waals surface area contributed by atoms with Gasteiger partial charge >= 0.3 is 0 Å². The summed E-state index contributed by atoms with van der Waals surface area (Å²) in [5, 5.41) is 6.76. The van der Waals surface area contributed by atoms with Crippen LogP contribution in [0.2, 0.25) is 0 Å².